The van der Waals surface area contributed by atoms with Crippen LogP contribution in [-0.4, -0.2) is 26.3 Å². The molecule has 6 heteroatoms. The van der Waals surface area contributed by atoms with Crippen molar-refractivity contribution in [2.75, 3.05) is 20.3 Å². The second-order valence-corrected chi connectivity index (χ2v) is 6.03. The summed E-state index contributed by atoms with van der Waals surface area (Å²) in [5, 5.41) is 0. The SMILES string of the molecule is COC(=O)c1sc(C)cc1OCc1cccc2c1OCCO2. The number of thiophene rings is 1. The zero-order valence-corrected chi connectivity index (χ0v) is 13.2. The van der Waals surface area contributed by atoms with Gasteiger partial charge in [0.2, 0.25) is 0 Å². The number of hydrogen-bond acceptors (Lipinski definition) is 6. The third-order valence-electron chi connectivity index (χ3n) is 3.22. The number of carbonyl (C=O) groups excluding carboxylic acids is 1. The summed E-state index contributed by atoms with van der Waals surface area (Å²) in [6.07, 6.45) is 0. The Kier molecular flexibility index (Phi) is 4.20. The predicted molar refractivity (Wildman–Crippen MR) is 82.2 cm³/mol. The number of methoxy groups -OCH3 is 1. The minimum atomic E-state index is -0.386. The number of benzene rings is 1. The molecule has 2 heterocycles. The maximum absolute atomic E-state index is 11.8. The lowest BCUT2D eigenvalue weighted by Gasteiger charge is -2.21. The van der Waals surface area contributed by atoms with Gasteiger partial charge < -0.3 is 18.9 Å². The van der Waals surface area contributed by atoms with Gasteiger partial charge in [0.1, 0.15) is 25.6 Å². The summed E-state index contributed by atoms with van der Waals surface area (Å²) < 4.78 is 21.8. The van der Waals surface area contributed by atoms with Crippen molar-refractivity contribution in [2.45, 2.75) is 13.5 Å². The maximum atomic E-state index is 11.8. The quantitative estimate of drug-likeness (QED) is 0.810. The molecule has 0 atom stereocenters. The van der Waals surface area contributed by atoms with E-state index in [1.807, 2.05) is 31.2 Å². The zero-order valence-electron chi connectivity index (χ0n) is 12.4. The average Bonchev–Trinajstić information content (AvgIpc) is 2.93. The third kappa shape index (κ3) is 2.87. The van der Waals surface area contributed by atoms with Gasteiger partial charge >= 0.3 is 5.97 Å². The first-order chi connectivity index (χ1) is 10.7. The van der Waals surface area contributed by atoms with Crippen LogP contribution in [0.2, 0.25) is 0 Å². The van der Waals surface area contributed by atoms with Crippen molar-refractivity contribution in [3.05, 3.63) is 39.6 Å². The Balaban J connectivity index is 1.80. The van der Waals surface area contributed by atoms with Crippen LogP contribution in [0.1, 0.15) is 20.1 Å². The van der Waals surface area contributed by atoms with Crippen LogP contribution in [0, 0.1) is 6.92 Å². The van der Waals surface area contributed by atoms with Crippen LogP contribution < -0.4 is 14.2 Å². The van der Waals surface area contributed by atoms with E-state index in [-0.39, 0.29) is 5.97 Å². The minimum absolute atomic E-state index is 0.298. The van der Waals surface area contributed by atoms with E-state index < -0.39 is 0 Å². The van der Waals surface area contributed by atoms with E-state index >= 15 is 0 Å². The molecule has 22 heavy (non-hydrogen) atoms. The first-order valence-electron chi connectivity index (χ1n) is 6.88. The van der Waals surface area contributed by atoms with E-state index in [0.717, 1.165) is 16.2 Å². The molecule has 1 aromatic heterocycles. The van der Waals surface area contributed by atoms with Crippen molar-refractivity contribution in [2.24, 2.45) is 0 Å². The summed E-state index contributed by atoms with van der Waals surface area (Å²) in [5.74, 6) is 1.58. The Morgan fingerprint density at radius 2 is 2.14 bits per heavy atom. The van der Waals surface area contributed by atoms with Gasteiger partial charge in [-0.15, -0.1) is 11.3 Å². The van der Waals surface area contributed by atoms with Crippen molar-refractivity contribution in [1.82, 2.24) is 0 Å². The highest BCUT2D eigenvalue weighted by molar-refractivity contribution is 7.14. The molecule has 3 rings (SSSR count). The lowest BCUT2D eigenvalue weighted by molar-refractivity contribution is 0.0601. The van der Waals surface area contributed by atoms with Gasteiger partial charge in [-0.05, 0) is 19.1 Å². The molecule has 0 saturated heterocycles. The molecule has 1 aliphatic rings. The molecular formula is C16H16O5S. The minimum Gasteiger partial charge on any atom is -0.487 e. The molecule has 0 aliphatic carbocycles. The van der Waals surface area contributed by atoms with E-state index in [9.17, 15) is 4.79 Å². The van der Waals surface area contributed by atoms with Crippen molar-refractivity contribution >= 4 is 17.3 Å². The number of fused-ring (bicyclic) bond motifs is 1. The molecule has 0 fully saturated rings. The standard InChI is InChI=1S/C16H16O5S/c1-10-8-13(15(22-10)16(17)18-2)21-9-11-4-3-5-12-14(11)20-7-6-19-12/h3-5,8H,6-7,9H2,1-2H3. The molecule has 0 spiro atoms. The van der Waals surface area contributed by atoms with Crippen LogP contribution in [0.4, 0.5) is 0 Å². The number of carbonyl (C=O) groups is 1. The fourth-order valence-corrected chi connectivity index (χ4v) is 3.11. The molecule has 0 N–H and O–H groups in total. The molecule has 0 unspecified atom stereocenters. The number of rotatable bonds is 4. The normalized spacial score (nSPS) is 12.8. The van der Waals surface area contributed by atoms with Gasteiger partial charge in [-0.3, -0.25) is 0 Å². The van der Waals surface area contributed by atoms with Gasteiger partial charge in [0.25, 0.3) is 0 Å². The molecule has 5 nitrogen and oxygen atoms in total. The topological polar surface area (TPSA) is 54.0 Å². The smallest absolute Gasteiger partial charge is 0.351 e. The Hall–Kier alpha value is -2.21. The van der Waals surface area contributed by atoms with E-state index in [2.05, 4.69) is 0 Å². The van der Waals surface area contributed by atoms with Crippen molar-refractivity contribution in [3.63, 3.8) is 0 Å². The first kappa shape index (κ1) is 14.7. The Bertz CT molecular complexity index is 692. The van der Waals surface area contributed by atoms with Gasteiger partial charge in [0.15, 0.2) is 16.4 Å². The lowest BCUT2D eigenvalue weighted by atomic mass is 10.2. The Labute approximate surface area is 132 Å². The van der Waals surface area contributed by atoms with Crippen LogP contribution >= 0.6 is 11.3 Å². The maximum Gasteiger partial charge on any atom is 0.351 e. The van der Waals surface area contributed by atoms with Gasteiger partial charge in [0.05, 0.1) is 7.11 Å². The fourth-order valence-electron chi connectivity index (χ4n) is 2.24. The van der Waals surface area contributed by atoms with Crippen LogP contribution in [0.3, 0.4) is 0 Å². The van der Waals surface area contributed by atoms with Crippen molar-refractivity contribution < 1.29 is 23.7 Å². The second-order valence-electron chi connectivity index (χ2n) is 4.77. The number of esters is 1. The molecule has 1 aliphatic heterocycles. The summed E-state index contributed by atoms with van der Waals surface area (Å²) in [4.78, 5) is 13.2. The Morgan fingerprint density at radius 3 is 2.95 bits per heavy atom. The van der Waals surface area contributed by atoms with Crippen molar-refractivity contribution in [1.29, 1.82) is 0 Å². The lowest BCUT2D eigenvalue weighted by Crippen LogP contribution is -2.17. The van der Waals surface area contributed by atoms with Gasteiger partial charge in [0, 0.05) is 10.4 Å². The second kappa shape index (κ2) is 6.27. The van der Waals surface area contributed by atoms with Gasteiger partial charge in [-0.2, -0.15) is 0 Å². The largest absolute Gasteiger partial charge is 0.487 e. The van der Waals surface area contributed by atoms with Crippen LogP contribution in [0.5, 0.6) is 17.2 Å². The van der Waals surface area contributed by atoms with Crippen molar-refractivity contribution in [3.8, 4) is 17.2 Å². The van der Waals surface area contributed by atoms with E-state index in [0.29, 0.717) is 36.2 Å². The highest BCUT2D eigenvalue weighted by Gasteiger charge is 2.19. The summed E-state index contributed by atoms with van der Waals surface area (Å²) in [7, 11) is 1.36. The van der Waals surface area contributed by atoms with Crippen LogP contribution in [0.25, 0.3) is 0 Å². The molecular weight excluding hydrogens is 304 g/mol. The van der Waals surface area contributed by atoms with E-state index in [1.165, 1.54) is 18.4 Å². The van der Waals surface area contributed by atoms with Gasteiger partial charge in [-0.1, -0.05) is 12.1 Å². The molecule has 2 aromatic rings. The Morgan fingerprint density at radius 1 is 1.32 bits per heavy atom. The zero-order chi connectivity index (χ0) is 15.5. The molecule has 0 saturated carbocycles. The number of para-hydroxylation sites is 1. The monoisotopic (exact) mass is 320 g/mol. The highest BCUT2D eigenvalue weighted by atomic mass is 32.1. The molecule has 1 aromatic carbocycles. The summed E-state index contributed by atoms with van der Waals surface area (Å²) in [6.45, 7) is 3.29. The summed E-state index contributed by atoms with van der Waals surface area (Å²) in [5.41, 5.74) is 0.886. The fraction of sp³-hybridized carbons (Fsp3) is 0.312. The first-order valence-corrected chi connectivity index (χ1v) is 7.69. The summed E-state index contributed by atoms with van der Waals surface area (Å²) >= 11 is 1.36. The van der Waals surface area contributed by atoms with E-state index in [4.69, 9.17) is 18.9 Å². The average molecular weight is 320 g/mol. The third-order valence-corrected chi connectivity index (χ3v) is 4.23. The molecule has 0 bridgehead atoms. The molecule has 116 valence electrons. The highest BCUT2D eigenvalue weighted by Crippen LogP contribution is 2.35. The number of ether oxygens (including phenoxy) is 4. The predicted octanol–water partition coefficient (Wildman–Crippen LogP) is 3.19. The summed E-state index contributed by atoms with van der Waals surface area (Å²) in [6, 6.07) is 7.52. The molecule has 0 radical (unpaired) electrons. The van der Waals surface area contributed by atoms with E-state index in [1.54, 1.807) is 0 Å². The van der Waals surface area contributed by atoms with Crippen LogP contribution in [-0.2, 0) is 11.3 Å². The van der Waals surface area contributed by atoms with Gasteiger partial charge in [-0.25, -0.2) is 4.79 Å². The number of aryl methyl sites for hydroxylation is 1. The molecule has 0 amide bonds. The van der Waals surface area contributed by atoms with Crippen LogP contribution in [0.15, 0.2) is 24.3 Å². The number of hydrogen-bond donors (Lipinski definition) is 0.